The molecule has 1 aromatic heterocycles. The molecule has 0 saturated carbocycles. The molecule has 0 aliphatic carbocycles. The fourth-order valence-electron chi connectivity index (χ4n) is 2.57. The monoisotopic (exact) mass is 318 g/mol. The Kier molecular flexibility index (Phi) is 4.92. The largest absolute Gasteiger partial charge is 0.290 e. The van der Waals surface area contributed by atoms with Crippen molar-refractivity contribution in [1.82, 2.24) is 19.8 Å². The lowest BCUT2D eigenvalue weighted by molar-refractivity contribution is -0.139. The van der Waals surface area contributed by atoms with E-state index in [1.54, 1.807) is 21.7 Å². The van der Waals surface area contributed by atoms with Crippen molar-refractivity contribution in [3.05, 3.63) is 29.6 Å². The van der Waals surface area contributed by atoms with Crippen LogP contribution in [0.25, 0.3) is 0 Å². The molecular weight excluding hydrogens is 292 g/mol. The normalized spacial score (nSPS) is 15.7. The smallest absolute Gasteiger partial charge is 0.273 e. The van der Waals surface area contributed by atoms with Crippen LogP contribution in [0.2, 0.25) is 0 Å². The van der Waals surface area contributed by atoms with Crippen LogP contribution in [0, 0.1) is 0 Å². The van der Waals surface area contributed by atoms with E-state index in [1.807, 2.05) is 25.1 Å². The minimum absolute atomic E-state index is 0.0489. The third-order valence-electron chi connectivity index (χ3n) is 3.95. The van der Waals surface area contributed by atoms with E-state index in [9.17, 15) is 9.59 Å². The average Bonchev–Trinajstić information content (AvgIpc) is 3.10. The fourth-order valence-corrected chi connectivity index (χ4v) is 2.57. The number of allylic oxidation sites excluding steroid dienone is 1. The molecule has 1 fully saturated rings. The summed E-state index contributed by atoms with van der Waals surface area (Å²) in [6.07, 6.45) is 4.78. The summed E-state index contributed by atoms with van der Waals surface area (Å²) < 4.78 is 1.61. The standard InChI is InChI=1S/C17H26N4O2/c1-6-7-9-15(22)20-10-8-11-21(20)16(23)13-12-14(17(2,3)4)18-19(13)5/h6-7,12H,8-11H2,1-5H3. The Balaban J connectivity index is 2.22. The molecule has 126 valence electrons. The Hall–Kier alpha value is -2.11. The SMILES string of the molecule is CC=CCC(=O)N1CCCN1C(=O)c1cc(C(C)(C)C)nn1C. The number of aromatic nitrogens is 2. The van der Waals surface area contributed by atoms with Crippen molar-refractivity contribution in [2.24, 2.45) is 7.05 Å². The van der Waals surface area contributed by atoms with E-state index in [0.717, 1.165) is 12.1 Å². The van der Waals surface area contributed by atoms with Crippen LogP contribution in [0.3, 0.4) is 0 Å². The highest BCUT2D eigenvalue weighted by Crippen LogP contribution is 2.23. The second-order valence-electron chi connectivity index (χ2n) is 6.86. The summed E-state index contributed by atoms with van der Waals surface area (Å²) >= 11 is 0. The summed E-state index contributed by atoms with van der Waals surface area (Å²) in [6, 6.07) is 1.83. The molecule has 1 aliphatic rings. The summed E-state index contributed by atoms with van der Waals surface area (Å²) in [5.74, 6) is -0.214. The van der Waals surface area contributed by atoms with Crippen molar-refractivity contribution in [2.45, 2.75) is 46.0 Å². The van der Waals surface area contributed by atoms with Crippen molar-refractivity contribution >= 4 is 11.8 Å². The molecule has 23 heavy (non-hydrogen) atoms. The predicted octanol–water partition coefficient (Wildman–Crippen LogP) is 2.27. The van der Waals surface area contributed by atoms with Crippen LogP contribution in [0.1, 0.15) is 56.7 Å². The number of aryl methyl sites for hydroxylation is 1. The Bertz CT molecular complexity index is 625. The molecule has 6 heteroatoms. The number of hydrogen-bond donors (Lipinski definition) is 0. The van der Waals surface area contributed by atoms with E-state index in [4.69, 9.17) is 0 Å². The summed E-state index contributed by atoms with van der Waals surface area (Å²) in [5.41, 5.74) is 1.26. The summed E-state index contributed by atoms with van der Waals surface area (Å²) in [7, 11) is 1.77. The van der Waals surface area contributed by atoms with E-state index in [1.165, 1.54) is 0 Å². The van der Waals surface area contributed by atoms with Crippen molar-refractivity contribution in [1.29, 1.82) is 0 Å². The topological polar surface area (TPSA) is 58.4 Å². The molecule has 0 bridgehead atoms. The van der Waals surface area contributed by atoms with Crippen molar-refractivity contribution in [2.75, 3.05) is 13.1 Å². The first-order chi connectivity index (χ1) is 10.8. The van der Waals surface area contributed by atoms with Gasteiger partial charge in [-0.3, -0.25) is 19.3 Å². The minimum atomic E-state index is -0.165. The van der Waals surface area contributed by atoms with Gasteiger partial charge in [0.2, 0.25) is 5.91 Å². The van der Waals surface area contributed by atoms with E-state index >= 15 is 0 Å². The van der Waals surface area contributed by atoms with Gasteiger partial charge < -0.3 is 0 Å². The van der Waals surface area contributed by atoms with Crippen LogP contribution in [0.15, 0.2) is 18.2 Å². The molecule has 0 N–H and O–H groups in total. The number of hydrogen-bond acceptors (Lipinski definition) is 3. The van der Waals surface area contributed by atoms with Crippen LogP contribution < -0.4 is 0 Å². The first kappa shape index (κ1) is 17.2. The Morgan fingerprint density at radius 2 is 1.91 bits per heavy atom. The molecule has 0 atom stereocenters. The molecule has 2 heterocycles. The molecule has 0 spiro atoms. The summed E-state index contributed by atoms with van der Waals surface area (Å²) in [4.78, 5) is 25.1. The van der Waals surface area contributed by atoms with Crippen molar-refractivity contribution in [3.8, 4) is 0 Å². The number of amides is 2. The van der Waals surface area contributed by atoms with Crippen LogP contribution in [0.4, 0.5) is 0 Å². The molecule has 2 rings (SSSR count). The minimum Gasteiger partial charge on any atom is -0.273 e. The van der Waals surface area contributed by atoms with Gasteiger partial charge in [0.15, 0.2) is 0 Å². The molecule has 0 unspecified atom stereocenters. The molecule has 6 nitrogen and oxygen atoms in total. The van der Waals surface area contributed by atoms with Crippen molar-refractivity contribution in [3.63, 3.8) is 0 Å². The van der Waals surface area contributed by atoms with Crippen molar-refractivity contribution < 1.29 is 9.59 Å². The van der Waals surface area contributed by atoms with Gasteiger partial charge in [-0.1, -0.05) is 32.9 Å². The second-order valence-corrected chi connectivity index (χ2v) is 6.86. The highest BCUT2D eigenvalue weighted by Gasteiger charge is 2.33. The number of carbonyl (C=O) groups excluding carboxylic acids is 2. The maximum atomic E-state index is 12.8. The molecule has 1 aromatic rings. The molecule has 1 aliphatic heterocycles. The number of carbonyl (C=O) groups is 2. The quantitative estimate of drug-likeness (QED) is 0.803. The lowest BCUT2D eigenvalue weighted by atomic mass is 9.92. The first-order valence-corrected chi connectivity index (χ1v) is 8.03. The second kappa shape index (κ2) is 6.56. The molecule has 1 saturated heterocycles. The Morgan fingerprint density at radius 3 is 2.48 bits per heavy atom. The van der Waals surface area contributed by atoms with Gasteiger partial charge in [-0.2, -0.15) is 5.10 Å². The van der Waals surface area contributed by atoms with Crippen LogP contribution in [-0.4, -0.2) is 44.7 Å². The predicted molar refractivity (Wildman–Crippen MR) is 88.7 cm³/mol. The lowest BCUT2D eigenvalue weighted by Crippen LogP contribution is -2.45. The zero-order valence-electron chi connectivity index (χ0n) is 14.7. The third kappa shape index (κ3) is 3.63. The molecule has 0 aromatic carbocycles. The summed E-state index contributed by atoms with van der Waals surface area (Å²) in [6.45, 7) is 9.22. The summed E-state index contributed by atoms with van der Waals surface area (Å²) in [5, 5.41) is 7.56. The van der Waals surface area contributed by atoms with Gasteiger partial charge in [0.1, 0.15) is 5.69 Å². The fraction of sp³-hybridized carbons (Fsp3) is 0.588. The zero-order valence-corrected chi connectivity index (χ0v) is 14.7. The van der Waals surface area contributed by atoms with E-state index in [2.05, 4.69) is 25.9 Å². The van der Waals surface area contributed by atoms with Gasteiger partial charge in [0, 0.05) is 32.0 Å². The molecular formula is C17H26N4O2. The maximum absolute atomic E-state index is 12.8. The van der Waals surface area contributed by atoms with E-state index in [0.29, 0.717) is 25.2 Å². The average molecular weight is 318 g/mol. The van der Waals surface area contributed by atoms with Crippen LogP contribution >= 0.6 is 0 Å². The van der Waals surface area contributed by atoms with E-state index in [-0.39, 0.29) is 17.2 Å². The van der Waals surface area contributed by atoms with Gasteiger partial charge in [-0.25, -0.2) is 5.01 Å². The highest BCUT2D eigenvalue weighted by atomic mass is 16.2. The number of hydrazine groups is 1. The van der Waals surface area contributed by atoms with E-state index < -0.39 is 0 Å². The van der Waals surface area contributed by atoms with Gasteiger partial charge >= 0.3 is 0 Å². The Morgan fingerprint density at radius 1 is 1.26 bits per heavy atom. The third-order valence-corrected chi connectivity index (χ3v) is 3.95. The molecule has 2 amide bonds. The lowest BCUT2D eigenvalue weighted by Gasteiger charge is -2.27. The molecule has 0 radical (unpaired) electrons. The zero-order chi connectivity index (χ0) is 17.2. The number of nitrogens with zero attached hydrogens (tertiary/aromatic N) is 4. The Labute approximate surface area is 137 Å². The van der Waals surface area contributed by atoms with Crippen LogP contribution in [0.5, 0.6) is 0 Å². The van der Waals surface area contributed by atoms with Gasteiger partial charge in [-0.15, -0.1) is 0 Å². The van der Waals surface area contributed by atoms with Gasteiger partial charge in [0.25, 0.3) is 5.91 Å². The maximum Gasteiger partial charge on any atom is 0.290 e. The van der Waals surface area contributed by atoms with Crippen LogP contribution in [-0.2, 0) is 17.3 Å². The van der Waals surface area contributed by atoms with Gasteiger partial charge in [-0.05, 0) is 19.4 Å². The first-order valence-electron chi connectivity index (χ1n) is 8.03. The highest BCUT2D eigenvalue weighted by molar-refractivity contribution is 5.94. The number of rotatable bonds is 3. The van der Waals surface area contributed by atoms with Gasteiger partial charge in [0.05, 0.1) is 5.69 Å².